The van der Waals surface area contributed by atoms with Gasteiger partial charge in [0, 0.05) is 5.56 Å². The quantitative estimate of drug-likeness (QED) is 0.0974. The van der Waals surface area contributed by atoms with Crippen molar-refractivity contribution in [1.29, 1.82) is 5.41 Å². The number of nitrogens with one attached hydrogen (secondary N) is 1. The Balaban J connectivity index is 1.60. The van der Waals surface area contributed by atoms with Crippen LogP contribution in [0.2, 0.25) is 5.04 Å². The molecule has 4 rings (SSSR count). The Kier molecular flexibility index (Phi) is 10.2. The predicted molar refractivity (Wildman–Crippen MR) is 166 cm³/mol. The maximum Gasteiger partial charge on any atom is 0.265 e. The van der Waals surface area contributed by atoms with E-state index in [2.05, 4.69) is 69.3 Å². The molecule has 40 heavy (non-hydrogen) atoms. The molecule has 1 fully saturated rings. The molecule has 3 aromatic rings. The summed E-state index contributed by atoms with van der Waals surface area (Å²) >= 11 is 17.6. The average Bonchev–Trinajstić information content (AvgIpc) is 2.94. The van der Waals surface area contributed by atoms with Crippen LogP contribution in [0.1, 0.15) is 32.6 Å². The van der Waals surface area contributed by atoms with Gasteiger partial charge in [-0.05, 0) is 15.4 Å². The van der Waals surface area contributed by atoms with Gasteiger partial charge in [0.25, 0.3) is 12.1 Å². The van der Waals surface area contributed by atoms with Gasteiger partial charge in [-0.25, -0.2) is 0 Å². The molecule has 1 aliphatic heterocycles. The molecule has 0 saturated carbocycles. The number of hydrogen-bond donors (Lipinski definition) is 1. The highest BCUT2D eigenvalue weighted by atomic mass is 35.6. The summed E-state index contributed by atoms with van der Waals surface area (Å²) in [5.41, 5.74) is 0.874. The molecule has 3 atom stereocenters. The minimum atomic E-state index is -2.70. The Morgan fingerprint density at radius 3 is 1.93 bits per heavy atom. The molecule has 1 heterocycles. The van der Waals surface area contributed by atoms with E-state index in [9.17, 15) is 0 Å². The summed E-state index contributed by atoms with van der Waals surface area (Å²) in [6.45, 7) is 7.20. The zero-order chi connectivity index (χ0) is 28.8. The summed E-state index contributed by atoms with van der Waals surface area (Å²) in [7, 11) is -2.70. The van der Waals surface area contributed by atoms with Gasteiger partial charge in [0.1, 0.15) is 6.10 Å². The first kappa shape index (κ1) is 30.8. The highest BCUT2D eigenvalue weighted by molar-refractivity contribution is 6.99. The number of ether oxygens (including phenoxy) is 3. The van der Waals surface area contributed by atoms with Crippen LogP contribution in [0.4, 0.5) is 0 Å². The van der Waals surface area contributed by atoms with Gasteiger partial charge in [-0.3, -0.25) is 5.41 Å². The predicted octanol–water partition coefficient (Wildman–Crippen LogP) is 6.97. The Hall–Kier alpha value is -2.16. The Morgan fingerprint density at radius 1 is 0.900 bits per heavy atom. The van der Waals surface area contributed by atoms with Crippen LogP contribution in [0, 0.1) is 5.41 Å². The van der Waals surface area contributed by atoms with Gasteiger partial charge < -0.3 is 18.6 Å². The number of benzene rings is 3. The van der Waals surface area contributed by atoms with Crippen LogP contribution < -0.4 is 10.4 Å². The van der Waals surface area contributed by atoms with E-state index >= 15 is 0 Å². The Labute approximate surface area is 252 Å². The van der Waals surface area contributed by atoms with Crippen LogP contribution in [0.25, 0.3) is 0 Å². The zero-order valence-electron chi connectivity index (χ0n) is 22.7. The molecular formula is C31H34Cl3NO4Si. The second kappa shape index (κ2) is 13.2. The van der Waals surface area contributed by atoms with E-state index in [0.29, 0.717) is 6.61 Å². The largest absolute Gasteiger partial charge is 0.469 e. The average molecular weight is 619 g/mol. The van der Waals surface area contributed by atoms with Crippen LogP contribution in [0.3, 0.4) is 0 Å². The maximum absolute atomic E-state index is 8.06. The molecule has 1 saturated heterocycles. The van der Waals surface area contributed by atoms with Crippen LogP contribution in [0.15, 0.2) is 103 Å². The van der Waals surface area contributed by atoms with Crippen molar-refractivity contribution in [3.63, 3.8) is 0 Å². The number of alkyl halides is 3. The molecule has 5 nitrogen and oxygen atoms in total. The normalized spacial score (nSPS) is 20.4. The van der Waals surface area contributed by atoms with Crippen molar-refractivity contribution in [1.82, 2.24) is 0 Å². The zero-order valence-corrected chi connectivity index (χ0v) is 26.0. The van der Waals surface area contributed by atoms with E-state index in [0.717, 1.165) is 5.56 Å². The maximum atomic E-state index is 8.06. The number of hydrogen-bond acceptors (Lipinski definition) is 5. The van der Waals surface area contributed by atoms with Gasteiger partial charge in [-0.15, -0.1) is 0 Å². The molecule has 0 bridgehead atoms. The molecule has 0 amide bonds. The summed E-state index contributed by atoms with van der Waals surface area (Å²) in [6, 6.07) is 30.6. The lowest BCUT2D eigenvalue weighted by Gasteiger charge is -2.42. The van der Waals surface area contributed by atoms with E-state index in [1.807, 2.05) is 54.6 Å². The molecule has 212 valence electrons. The summed E-state index contributed by atoms with van der Waals surface area (Å²) in [5.74, 6) is -0.491. The van der Waals surface area contributed by atoms with Crippen molar-refractivity contribution in [2.75, 3.05) is 13.2 Å². The van der Waals surface area contributed by atoms with Gasteiger partial charge in [0.15, 0.2) is 12.4 Å². The van der Waals surface area contributed by atoms with Crippen LogP contribution >= 0.6 is 34.8 Å². The molecule has 1 N–H and O–H groups in total. The lowest BCUT2D eigenvalue weighted by atomic mass is 10.1. The second-order valence-corrected chi connectivity index (χ2v) is 17.1. The minimum Gasteiger partial charge on any atom is -0.469 e. The minimum absolute atomic E-state index is 0.146. The van der Waals surface area contributed by atoms with Crippen molar-refractivity contribution in [2.24, 2.45) is 0 Å². The fraction of sp³-hybridized carbons (Fsp3) is 0.323. The smallest absolute Gasteiger partial charge is 0.265 e. The van der Waals surface area contributed by atoms with Crippen molar-refractivity contribution in [3.05, 3.63) is 109 Å². The first-order valence-corrected chi connectivity index (χ1v) is 16.1. The monoisotopic (exact) mass is 617 g/mol. The van der Waals surface area contributed by atoms with E-state index in [1.165, 1.54) is 10.4 Å². The van der Waals surface area contributed by atoms with E-state index < -0.39 is 36.5 Å². The fourth-order valence-corrected chi connectivity index (χ4v) is 9.58. The molecule has 0 radical (unpaired) electrons. The van der Waals surface area contributed by atoms with E-state index in [4.69, 9.17) is 58.8 Å². The van der Waals surface area contributed by atoms with E-state index in [1.54, 1.807) is 0 Å². The van der Waals surface area contributed by atoms with Gasteiger partial charge in [0.05, 0.1) is 13.2 Å². The molecule has 0 aromatic heterocycles. The molecule has 0 spiro atoms. The summed E-state index contributed by atoms with van der Waals surface area (Å²) < 4.78 is 22.8. The van der Waals surface area contributed by atoms with Crippen LogP contribution in [-0.2, 0) is 18.6 Å². The van der Waals surface area contributed by atoms with Gasteiger partial charge in [-0.1, -0.05) is 159 Å². The third-order valence-electron chi connectivity index (χ3n) is 6.80. The SMILES string of the molecule is CC(C)(C)[Si](OC/C=C\[C@@H]1O[C@H](c2ccccc2)OC[C@H]1OC(=N)C(Cl)(Cl)Cl)(c1ccccc1)c1ccccc1. The van der Waals surface area contributed by atoms with Gasteiger partial charge in [0.2, 0.25) is 5.90 Å². The fourth-order valence-electron chi connectivity index (χ4n) is 4.94. The van der Waals surface area contributed by atoms with Crippen LogP contribution in [-0.4, -0.2) is 43.4 Å². The number of halogens is 3. The van der Waals surface area contributed by atoms with Crippen molar-refractivity contribution in [2.45, 2.75) is 48.1 Å². The highest BCUT2D eigenvalue weighted by Gasteiger charge is 2.50. The third kappa shape index (κ3) is 7.18. The summed E-state index contributed by atoms with van der Waals surface area (Å²) in [6.07, 6.45) is 1.95. The van der Waals surface area contributed by atoms with Crippen molar-refractivity contribution in [3.8, 4) is 0 Å². The van der Waals surface area contributed by atoms with E-state index in [-0.39, 0.29) is 11.6 Å². The lowest BCUT2D eigenvalue weighted by Crippen LogP contribution is -2.66. The van der Waals surface area contributed by atoms with Crippen molar-refractivity contribution >= 4 is 59.4 Å². The molecule has 0 aliphatic carbocycles. The summed E-state index contributed by atoms with van der Waals surface area (Å²) in [5, 5.41) is 10.3. The molecule has 0 unspecified atom stereocenters. The topological polar surface area (TPSA) is 60.8 Å². The highest BCUT2D eigenvalue weighted by Crippen LogP contribution is 2.37. The molecule has 9 heteroatoms. The number of rotatable bonds is 8. The molecule has 3 aromatic carbocycles. The van der Waals surface area contributed by atoms with Gasteiger partial charge >= 0.3 is 0 Å². The first-order chi connectivity index (χ1) is 19.0. The molecule has 1 aliphatic rings. The summed E-state index contributed by atoms with van der Waals surface area (Å²) in [4.78, 5) is 0. The third-order valence-corrected chi connectivity index (χ3v) is 12.3. The Morgan fingerprint density at radius 2 is 1.43 bits per heavy atom. The van der Waals surface area contributed by atoms with Gasteiger partial charge in [-0.2, -0.15) is 0 Å². The second-order valence-electron chi connectivity index (χ2n) is 10.6. The van der Waals surface area contributed by atoms with Crippen LogP contribution in [0.5, 0.6) is 0 Å². The van der Waals surface area contributed by atoms with Crippen molar-refractivity contribution < 1.29 is 18.6 Å². The standard InChI is InChI=1S/C31H34Cl3NO4Si/c1-30(2,3)40(24-16-9-5-10-17-24,25-18-11-6-12-19-25)37-21-13-20-26-27(39-29(35)31(32,33)34)22-36-28(38-26)23-14-7-4-8-15-23/h4-20,26-28,35H,21-22H2,1-3H3/b20-13-,35-29?/t26-,27+,28+/m0/s1. The molecular weight excluding hydrogens is 585 g/mol. The lowest BCUT2D eigenvalue weighted by molar-refractivity contribution is -0.241. The Bertz CT molecular complexity index is 1220. The first-order valence-electron chi connectivity index (χ1n) is 13.1.